The van der Waals surface area contributed by atoms with Crippen LogP contribution in [0.25, 0.3) is 11.3 Å². The Labute approximate surface area is 234 Å². The highest BCUT2D eigenvalue weighted by Crippen LogP contribution is 2.29. The molecule has 1 saturated heterocycles. The summed E-state index contributed by atoms with van der Waals surface area (Å²) in [6.07, 6.45) is 2.47. The van der Waals surface area contributed by atoms with Crippen LogP contribution in [0.1, 0.15) is 18.4 Å². The number of phenolic OH excluding ortho intramolecular Hbond substituents is 1. The molecule has 1 atom stereocenters. The van der Waals surface area contributed by atoms with Crippen molar-refractivity contribution >= 4 is 22.2 Å². The van der Waals surface area contributed by atoms with Crippen LogP contribution in [0.15, 0.2) is 84.2 Å². The molecule has 1 aliphatic rings. The number of benzene rings is 3. The van der Waals surface area contributed by atoms with Gasteiger partial charge in [0.05, 0.1) is 5.69 Å². The van der Waals surface area contributed by atoms with Gasteiger partial charge in [-0.05, 0) is 67.8 Å². The maximum Gasteiger partial charge on any atom is 0.185 e. The van der Waals surface area contributed by atoms with Crippen molar-refractivity contribution in [1.82, 2.24) is 10.3 Å². The van der Waals surface area contributed by atoms with Gasteiger partial charge in [0, 0.05) is 42.3 Å². The summed E-state index contributed by atoms with van der Waals surface area (Å²) in [5.41, 5.74) is 4.65. The zero-order valence-corrected chi connectivity index (χ0v) is 22.8. The first kappa shape index (κ1) is 27.0. The van der Waals surface area contributed by atoms with Crippen molar-refractivity contribution in [2.24, 2.45) is 0 Å². The average molecular weight is 545 g/mol. The number of nitrogens with zero attached hydrogens (tertiary/aromatic N) is 2. The minimum atomic E-state index is -0.599. The molecule has 3 aromatic carbocycles. The molecule has 1 aliphatic heterocycles. The van der Waals surface area contributed by atoms with E-state index in [1.165, 1.54) is 11.1 Å². The van der Waals surface area contributed by atoms with E-state index in [-0.39, 0.29) is 12.4 Å². The number of aliphatic hydroxyl groups is 1. The summed E-state index contributed by atoms with van der Waals surface area (Å²) in [6.45, 7) is 3.47. The highest BCUT2D eigenvalue weighted by Gasteiger charge is 2.21. The van der Waals surface area contributed by atoms with Crippen LogP contribution < -0.4 is 20.3 Å². The Morgan fingerprint density at radius 2 is 1.72 bits per heavy atom. The second-order valence-corrected chi connectivity index (χ2v) is 10.7. The molecular formula is C31H36N4O3S. The Morgan fingerprint density at radius 1 is 0.974 bits per heavy atom. The van der Waals surface area contributed by atoms with Crippen LogP contribution in [0.4, 0.5) is 10.8 Å². The van der Waals surface area contributed by atoms with E-state index >= 15 is 0 Å². The second-order valence-electron chi connectivity index (χ2n) is 9.90. The lowest BCUT2D eigenvalue weighted by atomic mass is 10.0. The van der Waals surface area contributed by atoms with E-state index in [9.17, 15) is 10.2 Å². The number of hydrogen-bond donors (Lipinski definition) is 4. The molecule has 1 aromatic heterocycles. The predicted molar refractivity (Wildman–Crippen MR) is 159 cm³/mol. The number of piperidine rings is 1. The summed E-state index contributed by atoms with van der Waals surface area (Å²) >= 11 is 1.73. The monoisotopic (exact) mass is 544 g/mol. The summed E-state index contributed by atoms with van der Waals surface area (Å²) in [4.78, 5) is 7.28. The summed E-state index contributed by atoms with van der Waals surface area (Å²) in [7, 11) is 0. The van der Waals surface area contributed by atoms with Gasteiger partial charge in [-0.3, -0.25) is 0 Å². The SMILES string of the molecule is Oc1ccc(OC[C@@H](O)CNCCc2ccc(NC3CCN(c4nc(-c5ccccc5)cs4)CC3)cc2)cc1. The molecule has 4 N–H and O–H groups in total. The molecule has 8 heteroatoms. The van der Waals surface area contributed by atoms with Gasteiger partial charge in [-0.25, -0.2) is 4.98 Å². The number of anilines is 2. The lowest BCUT2D eigenvalue weighted by Gasteiger charge is -2.32. The largest absolute Gasteiger partial charge is 0.508 e. The molecule has 4 aromatic rings. The van der Waals surface area contributed by atoms with Gasteiger partial charge in [0.25, 0.3) is 0 Å². The number of aliphatic hydroxyl groups excluding tert-OH is 1. The van der Waals surface area contributed by atoms with Gasteiger partial charge in [0.2, 0.25) is 0 Å². The fraction of sp³-hybridized carbons (Fsp3) is 0.323. The van der Waals surface area contributed by atoms with Crippen molar-refractivity contribution in [1.29, 1.82) is 0 Å². The minimum absolute atomic E-state index is 0.194. The van der Waals surface area contributed by atoms with Gasteiger partial charge in [-0.15, -0.1) is 11.3 Å². The molecule has 2 heterocycles. The van der Waals surface area contributed by atoms with E-state index in [1.807, 2.05) is 6.07 Å². The van der Waals surface area contributed by atoms with Crippen LogP contribution in [-0.4, -0.2) is 60.1 Å². The van der Waals surface area contributed by atoms with Crippen molar-refractivity contribution in [2.75, 3.05) is 43.0 Å². The average Bonchev–Trinajstić information content (AvgIpc) is 3.47. The Bertz CT molecular complexity index is 1270. The maximum absolute atomic E-state index is 10.1. The molecule has 0 amide bonds. The molecular weight excluding hydrogens is 508 g/mol. The molecule has 39 heavy (non-hydrogen) atoms. The minimum Gasteiger partial charge on any atom is -0.508 e. The Balaban J connectivity index is 0.982. The fourth-order valence-corrected chi connectivity index (χ4v) is 5.55. The molecule has 7 nitrogen and oxygen atoms in total. The molecule has 5 rings (SSSR count). The first-order valence-corrected chi connectivity index (χ1v) is 14.4. The molecule has 0 spiro atoms. The molecule has 204 valence electrons. The molecule has 1 fully saturated rings. The van der Waals surface area contributed by atoms with Crippen molar-refractivity contribution in [3.8, 4) is 22.8 Å². The lowest BCUT2D eigenvalue weighted by Crippen LogP contribution is -2.39. The van der Waals surface area contributed by atoms with Crippen molar-refractivity contribution in [2.45, 2.75) is 31.4 Å². The van der Waals surface area contributed by atoms with Crippen LogP contribution in [0.3, 0.4) is 0 Å². The van der Waals surface area contributed by atoms with E-state index in [0.717, 1.165) is 55.4 Å². The van der Waals surface area contributed by atoms with E-state index < -0.39 is 6.10 Å². The van der Waals surface area contributed by atoms with Crippen molar-refractivity contribution < 1.29 is 14.9 Å². The molecule has 0 aliphatic carbocycles. The first-order valence-electron chi connectivity index (χ1n) is 13.5. The second kappa shape index (κ2) is 13.5. The third kappa shape index (κ3) is 7.95. The van der Waals surface area contributed by atoms with Crippen LogP contribution in [0.2, 0.25) is 0 Å². The van der Waals surface area contributed by atoms with Gasteiger partial charge in [0.1, 0.15) is 24.2 Å². The molecule has 0 radical (unpaired) electrons. The smallest absolute Gasteiger partial charge is 0.185 e. The number of nitrogens with one attached hydrogen (secondary N) is 2. The Kier molecular flexibility index (Phi) is 9.32. The van der Waals surface area contributed by atoms with E-state index in [1.54, 1.807) is 35.6 Å². The van der Waals surface area contributed by atoms with E-state index in [2.05, 4.69) is 69.4 Å². The number of rotatable bonds is 12. The molecule has 0 unspecified atom stereocenters. The predicted octanol–water partition coefficient (Wildman–Crippen LogP) is 5.17. The molecule has 0 bridgehead atoms. The third-order valence-corrected chi connectivity index (χ3v) is 7.80. The van der Waals surface area contributed by atoms with Crippen LogP contribution in [0.5, 0.6) is 11.5 Å². The number of hydrogen-bond acceptors (Lipinski definition) is 8. The topological polar surface area (TPSA) is 89.9 Å². The Hall–Kier alpha value is -3.59. The van der Waals surface area contributed by atoms with Crippen LogP contribution in [-0.2, 0) is 6.42 Å². The number of aromatic hydroxyl groups is 1. The maximum atomic E-state index is 10.1. The van der Waals surface area contributed by atoms with Gasteiger partial charge in [0.15, 0.2) is 5.13 Å². The van der Waals surface area contributed by atoms with Crippen molar-refractivity contribution in [3.05, 3.63) is 89.8 Å². The van der Waals surface area contributed by atoms with Gasteiger partial charge in [-0.1, -0.05) is 42.5 Å². The highest BCUT2D eigenvalue weighted by atomic mass is 32.1. The van der Waals surface area contributed by atoms with Gasteiger partial charge >= 0.3 is 0 Å². The Morgan fingerprint density at radius 3 is 2.46 bits per heavy atom. The van der Waals surface area contributed by atoms with Crippen LogP contribution >= 0.6 is 11.3 Å². The third-order valence-electron chi connectivity index (χ3n) is 6.90. The fourth-order valence-electron chi connectivity index (χ4n) is 4.66. The summed E-state index contributed by atoms with van der Waals surface area (Å²) in [6, 6.07) is 26.0. The normalized spacial score (nSPS) is 14.7. The number of aromatic nitrogens is 1. The lowest BCUT2D eigenvalue weighted by molar-refractivity contribution is 0.106. The number of ether oxygens (including phenoxy) is 1. The number of phenols is 1. The summed E-state index contributed by atoms with van der Waals surface area (Å²) in [5.74, 6) is 0.822. The van der Waals surface area contributed by atoms with Gasteiger partial charge < -0.3 is 30.5 Å². The van der Waals surface area contributed by atoms with Crippen molar-refractivity contribution in [3.63, 3.8) is 0 Å². The summed E-state index contributed by atoms with van der Waals surface area (Å²) < 4.78 is 5.55. The van der Waals surface area contributed by atoms with Crippen LogP contribution in [0, 0.1) is 0 Å². The zero-order valence-electron chi connectivity index (χ0n) is 22.0. The zero-order chi connectivity index (χ0) is 26.9. The quantitative estimate of drug-likeness (QED) is 0.183. The first-order chi connectivity index (χ1) is 19.1. The molecule has 0 saturated carbocycles. The standard InChI is InChI=1S/C31H36N4O3S/c36-27-10-12-29(13-11-27)38-21-28(37)20-32-17-14-23-6-8-25(9-7-23)33-26-15-18-35(19-16-26)31-34-30(22-39-31)24-4-2-1-3-5-24/h1-13,22,26,28,32-33,36-37H,14-21H2/t28-/m0/s1. The van der Waals surface area contributed by atoms with E-state index in [4.69, 9.17) is 9.72 Å². The summed E-state index contributed by atoms with van der Waals surface area (Å²) in [5, 5.41) is 29.7. The highest BCUT2D eigenvalue weighted by molar-refractivity contribution is 7.14. The van der Waals surface area contributed by atoms with Gasteiger partial charge in [-0.2, -0.15) is 0 Å². The van der Waals surface area contributed by atoms with E-state index in [0.29, 0.717) is 18.3 Å². The number of thiazole rings is 1.